The molecule has 0 aromatic carbocycles. The van der Waals surface area contributed by atoms with Crippen molar-refractivity contribution in [1.82, 2.24) is 20.6 Å². The lowest BCUT2D eigenvalue weighted by atomic mass is 10.1. The second kappa shape index (κ2) is 10.4. The maximum Gasteiger partial charge on any atom is 0.220 e. The molecule has 0 saturated carbocycles. The molecule has 1 aromatic rings. The van der Waals surface area contributed by atoms with Crippen LogP contribution in [0, 0.1) is 0 Å². The maximum absolute atomic E-state index is 11.7. The van der Waals surface area contributed by atoms with Crippen molar-refractivity contribution in [2.45, 2.75) is 44.9 Å². The Labute approximate surface area is 142 Å². The topological polar surface area (TPSA) is 99.2 Å². The van der Waals surface area contributed by atoms with E-state index in [-0.39, 0.29) is 11.8 Å². The van der Waals surface area contributed by atoms with Crippen LogP contribution in [-0.4, -0.2) is 41.1 Å². The van der Waals surface area contributed by atoms with E-state index >= 15 is 0 Å². The van der Waals surface area contributed by atoms with Crippen molar-refractivity contribution in [3.8, 4) is 0 Å². The highest BCUT2D eigenvalue weighted by Crippen LogP contribution is 2.09. The van der Waals surface area contributed by atoms with E-state index in [2.05, 4.69) is 25.6 Å². The molecule has 1 aromatic heterocycles. The lowest BCUT2D eigenvalue weighted by molar-refractivity contribution is -0.123. The summed E-state index contributed by atoms with van der Waals surface area (Å²) in [6.45, 7) is 1.25. The Balaban J connectivity index is 1.42. The van der Waals surface area contributed by atoms with E-state index in [1.165, 1.54) is 5.57 Å². The number of nitrogens with one attached hydrogen (secondary N) is 3. The second-order valence-corrected chi connectivity index (χ2v) is 5.81. The van der Waals surface area contributed by atoms with Crippen LogP contribution in [0.4, 0.5) is 0 Å². The summed E-state index contributed by atoms with van der Waals surface area (Å²) in [7, 11) is 0. The number of hydrogen-bond acceptors (Lipinski definition) is 4. The minimum atomic E-state index is 0.0306. The molecule has 7 nitrogen and oxygen atoms in total. The molecule has 0 bridgehead atoms. The highest BCUT2D eigenvalue weighted by molar-refractivity contribution is 5.77. The first-order chi connectivity index (χ1) is 11.7. The molecule has 0 fully saturated rings. The molecule has 0 radical (unpaired) electrons. The fraction of sp³-hybridized carbons (Fsp3) is 0.529. The predicted octanol–water partition coefficient (Wildman–Crippen LogP) is 1.49. The summed E-state index contributed by atoms with van der Waals surface area (Å²) in [6.07, 6.45) is 12.0. The summed E-state index contributed by atoms with van der Waals surface area (Å²) in [5.74, 6) is 0.0808. The van der Waals surface area contributed by atoms with Gasteiger partial charge in [-0.25, -0.2) is 4.98 Å². The summed E-state index contributed by atoms with van der Waals surface area (Å²) < 4.78 is 0. The first-order valence-electron chi connectivity index (χ1n) is 8.44. The standard InChI is InChI=1S/C17H25N5O2/c23-16(20-9-6-14-5-8-18-11-14)3-1-2-4-17(24)21-10-7-15-12-19-13-22-15/h8,11-13H,1-7,9-10H2,(H,19,22)(H,20,23)(H,21,24). The third-order valence-corrected chi connectivity index (χ3v) is 3.81. The van der Waals surface area contributed by atoms with Crippen molar-refractivity contribution in [2.24, 2.45) is 4.99 Å². The molecule has 3 N–H and O–H groups in total. The molecule has 0 spiro atoms. The van der Waals surface area contributed by atoms with Crippen molar-refractivity contribution in [1.29, 1.82) is 0 Å². The van der Waals surface area contributed by atoms with Gasteiger partial charge < -0.3 is 15.6 Å². The molecule has 0 unspecified atom stereocenters. The normalized spacial score (nSPS) is 12.9. The Morgan fingerprint density at radius 3 is 2.38 bits per heavy atom. The molecule has 24 heavy (non-hydrogen) atoms. The highest BCUT2D eigenvalue weighted by Gasteiger charge is 2.05. The third-order valence-electron chi connectivity index (χ3n) is 3.81. The maximum atomic E-state index is 11.7. The van der Waals surface area contributed by atoms with Gasteiger partial charge in [-0.2, -0.15) is 0 Å². The summed E-state index contributed by atoms with van der Waals surface area (Å²) in [5, 5.41) is 5.77. The zero-order valence-corrected chi connectivity index (χ0v) is 13.9. The Kier molecular flexibility index (Phi) is 7.73. The second-order valence-electron chi connectivity index (χ2n) is 5.81. The van der Waals surface area contributed by atoms with Gasteiger partial charge in [0, 0.05) is 63.1 Å². The van der Waals surface area contributed by atoms with Crippen molar-refractivity contribution in [3.05, 3.63) is 30.0 Å². The molecule has 0 saturated heterocycles. The summed E-state index contributed by atoms with van der Waals surface area (Å²) in [6, 6.07) is 0. The monoisotopic (exact) mass is 331 g/mol. The molecule has 1 aliphatic rings. The SMILES string of the molecule is O=C(CCCCC(=O)NCCc1cnc[nH]1)NCCC1=CN=CC1. The van der Waals surface area contributed by atoms with Crippen molar-refractivity contribution in [3.63, 3.8) is 0 Å². The average molecular weight is 331 g/mol. The lowest BCUT2D eigenvalue weighted by Gasteiger charge is -2.06. The van der Waals surface area contributed by atoms with Crippen molar-refractivity contribution in [2.75, 3.05) is 13.1 Å². The van der Waals surface area contributed by atoms with Gasteiger partial charge in [0.1, 0.15) is 0 Å². The lowest BCUT2D eigenvalue weighted by Crippen LogP contribution is -2.26. The van der Waals surface area contributed by atoms with Crippen LogP contribution in [0.25, 0.3) is 0 Å². The number of rotatable bonds is 11. The molecule has 0 aliphatic carbocycles. The molecular weight excluding hydrogens is 306 g/mol. The van der Waals surface area contributed by atoms with Gasteiger partial charge in [0.25, 0.3) is 0 Å². The van der Waals surface area contributed by atoms with E-state index in [4.69, 9.17) is 0 Å². The van der Waals surface area contributed by atoms with Gasteiger partial charge in [-0.3, -0.25) is 14.6 Å². The number of amides is 2. The first kappa shape index (κ1) is 17.9. The van der Waals surface area contributed by atoms with Gasteiger partial charge in [-0.1, -0.05) is 0 Å². The fourth-order valence-corrected chi connectivity index (χ4v) is 2.42. The van der Waals surface area contributed by atoms with E-state index in [1.54, 1.807) is 12.5 Å². The van der Waals surface area contributed by atoms with E-state index in [0.29, 0.717) is 25.9 Å². The van der Waals surface area contributed by atoms with Gasteiger partial charge in [-0.15, -0.1) is 0 Å². The first-order valence-corrected chi connectivity index (χ1v) is 8.44. The van der Waals surface area contributed by atoms with Crippen LogP contribution in [0.3, 0.4) is 0 Å². The van der Waals surface area contributed by atoms with E-state index in [1.807, 2.05) is 12.4 Å². The minimum absolute atomic E-state index is 0.0306. The van der Waals surface area contributed by atoms with Crippen molar-refractivity contribution >= 4 is 18.0 Å². The Bertz CT molecular complexity index is 578. The van der Waals surface area contributed by atoms with E-state index < -0.39 is 0 Å². The van der Waals surface area contributed by atoms with E-state index in [9.17, 15) is 9.59 Å². The minimum Gasteiger partial charge on any atom is -0.356 e. The van der Waals surface area contributed by atoms with Crippen LogP contribution in [0.1, 0.15) is 44.2 Å². The Morgan fingerprint density at radius 2 is 1.79 bits per heavy atom. The Morgan fingerprint density at radius 1 is 1.08 bits per heavy atom. The van der Waals surface area contributed by atoms with Crippen molar-refractivity contribution < 1.29 is 9.59 Å². The van der Waals surface area contributed by atoms with Crippen LogP contribution >= 0.6 is 0 Å². The number of carbonyl (C=O) groups excluding carboxylic acids is 2. The number of aromatic amines is 1. The summed E-state index contributed by atoms with van der Waals surface area (Å²) in [5.41, 5.74) is 2.26. The highest BCUT2D eigenvalue weighted by atomic mass is 16.2. The van der Waals surface area contributed by atoms with Crippen LogP contribution in [0.15, 0.2) is 29.3 Å². The molecule has 130 valence electrons. The number of nitrogens with zero attached hydrogens (tertiary/aromatic N) is 2. The number of imidazole rings is 1. The molecule has 1 aliphatic heterocycles. The third kappa shape index (κ3) is 7.21. The van der Waals surface area contributed by atoms with Gasteiger partial charge >= 0.3 is 0 Å². The molecule has 0 atom stereocenters. The molecular formula is C17H25N5O2. The zero-order chi connectivity index (χ0) is 17.0. The molecule has 2 heterocycles. The fourth-order valence-electron chi connectivity index (χ4n) is 2.42. The van der Waals surface area contributed by atoms with Gasteiger partial charge in [0.05, 0.1) is 6.33 Å². The predicted molar refractivity (Wildman–Crippen MR) is 92.6 cm³/mol. The van der Waals surface area contributed by atoms with Gasteiger partial charge in [-0.05, 0) is 24.8 Å². The van der Waals surface area contributed by atoms with Crippen LogP contribution < -0.4 is 10.6 Å². The van der Waals surface area contributed by atoms with Crippen LogP contribution in [0.5, 0.6) is 0 Å². The van der Waals surface area contributed by atoms with E-state index in [0.717, 1.165) is 37.8 Å². The van der Waals surface area contributed by atoms with Gasteiger partial charge in [0.15, 0.2) is 0 Å². The molecule has 7 heteroatoms. The Hall–Kier alpha value is -2.44. The largest absolute Gasteiger partial charge is 0.356 e. The molecule has 2 rings (SSSR count). The molecule has 2 amide bonds. The van der Waals surface area contributed by atoms with Gasteiger partial charge in [0.2, 0.25) is 11.8 Å². The van der Waals surface area contributed by atoms with Crippen LogP contribution in [0.2, 0.25) is 0 Å². The summed E-state index contributed by atoms with van der Waals surface area (Å²) >= 11 is 0. The zero-order valence-electron chi connectivity index (χ0n) is 13.9. The number of carbonyl (C=O) groups is 2. The number of H-pyrrole nitrogens is 1. The van der Waals surface area contributed by atoms with Crippen LogP contribution in [-0.2, 0) is 16.0 Å². The smallest absolute Gasteiger partial charge is 0.220 e. The number of unbranched alkanes of at least 4 members (excludes halogenated alkanes) is 1. The average Bonchev–Trinajstić information content (AvgIpc) is 3.25. The number of hydrogen-bond donors (Lipinski definition) is 3. The summed E-state index contributed by atoms with van der Waals surface area (Å²) in [4.78, 5) is 34.3. The quantitative estimate of drug-likeness (QED) is 0.536. The number of aliphatic imine (C=N–C) groups is 1. The number of aromatic nitrogens is 2.